The molecular weight excluding hydrogens is 380 g/mol. The Labute approximate surface area is 161 Å². The second-order valence-electron chi connectivity index (χ2n) is 5.75. The van der Waals surface area contributed by atoms with Crippen molar-refractivity contribution in [1.82, 2.24) is 15.4 Å². The molecule has 0 saturated heterocycles. The van der Waals surface area contributed by atoms with Crippen LogP contribution in [0.4, 0.5) is 5.69 Å². The van der Waals surface area contributed by atoms with Gasteiger partial charge in [-0.15, -0.1) is 12.4 Å². The number of hydrogen-bond acceptors (Lipinski definition) is 5. The van der Waals surface area contributed by atoms with E-state index in [0.717, 1.165) is 6.54 Å². The fourth-order valence-electron chi connectivity index (χ4n) is 2.10. The van der Waals surface area contributed by atoms with E-state index in [1.807, 2.05) is 13.8 Å². The van der Waals surface area contributed by atoms with Gasteiger partial charge in [-0.1, -0.05) is 6.92 Å². The molecule has 0 aliphatic rings. The monoisotopic (exact) mass is 406 g/mol. The average molecular weight is 407 g/mol. The molecule has 8 nitrogen and oxygen atoms in total. The Morgan fingerprint density at radius 1 is 1.12 bits per heavy atom. The van der Waals surface area contributed by atoms with Gasteiger partial charge in [0.15, 0.2) is 0 Å². The lowest BCUT2D eigenvalue weighted by molar-refractivity contribution is -0.122. The van der Waals surface area contributed by atoms with Crippen LogP contribution in [0.2, 0.25) is 0 Å². The van der Waals surface area contributed by atoms with E-state index in [0.29, 0.717) is 12.2 Å². The molecule has 10 heteroatoms. The van der Waals surface area contributed by atoms with Gasteiger partial charge in [0.05, 0.1) is 10.9 Å². The first-order chi connectivity index (χ1) is 11.7. The summed E-state index contributed by atoms with van der Waals surface area (Å²) in [5.41, 5.74) is 0.495. The van der Waals surface area contributed by atoms with Gasteiger partial charge in [0, 0.05) is 25.2 Å². The first-order valence-electron chi connectivity index (χ1n) is 8.06. The second-order valence-corrected chi connectivity index (χ2v) is 7.47. The highest BCUT2D eigenvalue weighted by Crippen LogP contribution is 2.14. The van der Waals surface area contributed by atoms with Crippen molar-refractivity contribution in [2.24, 2.45) is 0 Å². The maximum Gasteiger partial charge on any atom is 0.241 e. The molecule has 0 saturated carbocycles. The number of halogens is 1. The summed E-state index contributed by atoms with van der Waals surface area (Å²) in [6.07, 6.45) is 0. The fourth-order valence-corrected chi connectivity index (χ4v) is 3.31. The Morgan fingerprint density at radius 3 is 2.19 bits per heavy atom. The lowest BCUT2D eigenvalue weighted by Gasteiger charge is -2.17. The van der Waals surface area contributed by atoms with E-state index >= 15 is 0 Å². The van der Waals surface area contributed by atoms with Crippen molar-refractivity contribution in [3.63, 3.8) is 0 Å². The molecule has 0 aliphatic carbocycles. The van der Waals surface area contributed by atoms with Crippen LogP contribution < -0.4 is 20.7 Å². The van der Waals surface area contributed by atoms with Crippen LogP contribution in [-0.2, 0) is 19.6 Å². The maximum atomic E-state index is 12.3. The molecule has 0 heterocycles. The van der Waals surface area contributed by atoms with Crippen molar-refractivity contribution in [2.45, 2.75) is 44.7 Å². The van der Waals surface area contributed by atoms with Crippen LogP contribution >= 0.6 is 12.4 Å². The number of sulfonamides is 1. The minimum Gasteiger partial charge on any atom is -0.353 e. The summed E-state index contributed by atoms with van der Waals surface area (Å²) in [4.78, 5) is 23.0. The van der Waals surface area contributed by atoms with E-state index in [1.165, 1.54) is 38.1 Å². The standard InChI is InChI=1S/C16H26N4O4S.ClH/c1-5-17-11(2)10-18-16(22)12(3)20-25(23,24)15-8-6-14(7-9-15)19-13(4)21;/h6-9,11-12,17,20H,5,10H2,1-4H3,(H,18,22)(H,19,21);1H/t11-,12?;/m1./s1. The SMILES string of the molecule is CCN[C@H](C)CNC(=O)C(C)NS(=O)(=O)c1ccc(NC(C)=O)cc1.Cl. The number of carbonyl (C=O) groups is 2. The lowest BCUT2D eigenvalue weighted by Crippen LogP contribution is -2.48. The van der Waals surface area contributed by atoms with Crippen molar-refractivity contribution < 1.29 is 18.0 Å². The quantitative estimate of drug-likeness (QED) is 0.485. The van der Waals surface area contributed by atoms with Gasteiger partial charge < -0.3 is 16.0 Å². The molecule has 4 N–H and O–H groups in total. The molecule has 1 aromatic carbocycles. The Kier molecular flexibility index (Phi) is 10.4. The zero-order valence-electron chi connectivity index (χ0n) is 15.3. The Bertz CT molecular complexity index is 695. The molecule has 1 unspecified atom stereocenters. The van der Waals surface area contributed by atoms with E-state index in [2.05, 4.69) is 20.7 Å². The van der Waals surface area contributed by atoms with Crippen LogP contribution in [0.3, 0.4) is 0 Å². The number of rotatable bonds is 9. The zero-order valence-corrected chi connectivity index (χ0v) is 17.0. The molecule has 0 bridgehead atoms. The summed E-state index contributed by atoms with van der Waals surface area (Å²) < 4.78 is 27.0. The minimum absolute atomic E-state index is 0. The van der Waals surface area contributed by atoms with Crippen molar-refractivity contribution in [3.8, 4) is 0 Å². The summed E-state index contributed by atoms with van der Waals surface area (Å²) >= 11 is 0. The van der Waals surface area contributed by atoms with Crippen molar-refractivity contribution in [1.29, 1.82) is 0 Å². The minimum atomic E-state index is -3.84. The number of nitrogens with one attached hydrogen (secondary N) is 4. The number of benzene rings is 1. The Hall–Kier alpha value is -1.68. The van der Waals surface area contributed by atoms with Gasteiger partial charge in [0.25, 0.3) is 0 Å². The third kappa shape index (κ3) is 8.13. The van der Waals surface area contributed by atoms with E-state index < -0.39 is 22.0 Å². The number of likely N-dealkylation sites (N-methyl/N-ethyl adjacent to an activating group) is 1. The molecule has 26 heavy (non-hydrogen) atoms. The molecule has 0 aromatic heterocycles. The van der Waals surface area contributed by atoms with E-state index in [4.69, 9.17) is 0 Å². The number of anilines is 1. The molecule has 1 aromatic rings. The topological polar surface area (TPSA) is 116 Å². The molecule has 148 valence electrons. The molecule has 2 amide bonds. The number of amides is 2. The third-order valence-corrected chi connectivity index (χ3v) is 4.90. The summed E-state index contributed by atoms with van der Waals surface area (Å²) in [5, 5.41) is 8.40. The second kappa shape index (κ2) is 11.1. The average Bonchev–Trinajstić information content (AvgIpc) is 2.52. The van der Waals surface area contributed by atoms with Gasteiger partial charge in [-0.05, 0) is 44.7 Å². The smallest absolute Gasteiger partial charge is 0.241 e. The van der Waals surface area contributed by atoms with Crippen molar-refractivity contribution in [3.05, 3.63) is 24.3 Å². The van der Waals surface area contributed by atoms with Crippen molar-refractivity contribution >= 4 is 39.9 Å². The van der Waals surface area contributed by atoms with Gasteiger partial charge in [-0.25, -0.2) is 8.42 Å². The predicted octanol–water partition coefficient (Wildman–Crippen LogP) is 0.848. The molecule has 0 spiro atoms. The normalized spacial score (nSPS) is 13.2. The highest BCUT2D eigenvalue weighted by atomic mass is 35.5. The highest BCUT2D eigenvalue weighted by molar-refractivity contribution is 7.89. The number of hydrogen-bond donors (Lipinski definition) is 4. The summed E-state index contributed by atoms with van der Waals surface area (Å²) in [5.74, 6) is -0.644. The van der Waals surface area contributed by atoms with Crippen LogP contribution in [0, 0.1) is 0 Å². The molecule has 2 atom stereocenters. The first kappa shape index (κ1) is 24.3. The van der Waals surface area contributed by atoms with Crippen LogP contribution in [0.25, 0.3) is 0 Å². The number of carbonyl (C=O) groups excluding carboxylic acids is 2. The summed E-state index contributed by atoms with van der Waals surface area (Å²) in [7, 11) is -3.84. The molecule has 1 rings (SSSR count). The molecule has 0 radical (unpaired) electrons. The van der Waals surface area contributed by atoms with E-state index in [-0.39, 0.29) is 29.3 Å². The van der Waals surface area contributed by atoms with Gasteiger partial charge >= 0.3 is 0 Å². The van der Waals surface area contributed by atoms with E-state index in [1.54, 1.807) is 0 Å². The predicted molar refractivity (Wildman–Crippen MR) is 104 cm³/mol. The Morgan fingerprint density at radius 2 is 1.69 bits per heavy atom. The molecule has 0 fully saturated rings. The fraction of sp³-hybridized carbons (Fsp3) is 0.500. The van der Waals surface area contributed by atoms with Crippen LogP contribution in [0.1, 0.15) is 27.7 Å². The molecular formula is C16H27ClN4O4S. The van der Waals surface area contributed by atoms with E-state index in [9.17, 15) is 18.0 Å². The Balaban J connectivity index is 0.00000625. The first-order valence-corrected chi connectivity index (χ1v) is 9.55. The van der Waals surface area contributed by atoms with Crippen LogP contribution in [-0.4, -0.2) is 45.4 Å². The zero-order chi connectivity index (χ0) is 19.0. The third-order valence-electron chi connectivity index (χ3n) is 3.35. The van der Waals surface area contributed by atoms with Crippen molar-refractivity contribution in [2.75, 3.05) is 18.4 Å². The van der Waals surface area contributed by atoms with Gasteiger partial charge in [0.1, 0.15) is 0 Å². The highest BCUT2D eigenvalue weighted by Gasteiger charge is 2.22. The van der Waals surface area contributed by atoms with Gasteiger partial charge in [0.2, 0.25) is 21.8 Å². The molecule has 0 aliphatic heterocycles. The van der Waals surface area contributed by atoms with Gasteiger partial charge in [-0.3, -0.25) is 9.59 Å². The van der Waals surface area contributed by atoms with Crippen LogP contribution in [0.15, 0.2) is 29.2 Å². The summed E-state index contributed by atoms with van der Waals surface area (Å²) in [6.45, 7) is 7.93. The largest absolute Gasteiger partial charge is 0.353 e. The van der Waals surface area contributed by atoms with Crippen LogP contribution in [0.5, 0.6) is 0 Å². The van der Waals surface area contributed by atoms with Gasteiger partial charge in [-0.2, -0.15) is 4.72 Å². The maximum absolute atomic E-state index is 12.3. The summed E-state index contributed by atoms with van der Waals surface area (Å²) in [6, 6.07) is 4.89. The lowest BCUT2D eigenvalue weighted by atomic mass is 10.3.